The first-order valence-corrected chi connectivity index (χ1v) is 14.8. The zero-order valence-corrected chi connectivity index (χ0v) is 25.2. The highest BCUT2D eigenvalue weighted by atomic mass is 16.5. The Hall–Kier alpha value is -3.67. The lowest BCUT2D eigenvalue weighted by atomic mass is 9.63. The van der Waals surface area contributed by atoms with Gasteiger partial charge in [-0.3, -0.25) is 14.4 Å². The van der Waals surface area contributed by atoms with Crippen molar-refractivity contribution in [2.24, 2.45) is 10.8 Å². The predicted octanol–water partition coefficient (Wildman–Crippen LogP) is 7.11. The Bertz CT molecular complexity index is 1410. The molecule has 0 unspecified atom stereocenters. The molecule has 0 aromatic heterocycles. The Morgan fingerprint density at radius 2 is 1.44 bits per heavy atom. The molecule has 0 saturated heterocycles. The quantitative estimate of drug-likeness (QED) is 0.395. The van der Waals surface area contributed by atoms with E-state index in [2.05, 4.69) is 44.8 Å². The molecule has 5 rings (SSSR count). The number of ketones is 2. The summed E-state index contributed by atoms with van der Waals surface area (Å²) in [6.45, 7) is 13.3. The van der Waals surface area contributed by atoms with Crippen LogP contribution in [-0.2, 0) is 14.4 Å². The number of rotatable bonds is 7. The van der Waals surface area contributed by atoms with Gasteiger partial charge in [-0.25, -0.2) is 0 Å². The third-order valence-electron chi connectivity index (χ3n) is 8.48. The molecule has 0 spiro atoms. The van der Waals surface area contributed by atoms with Gasteiger partial charge in [-0.15, -0.1) is 0 Å². The topological polar surface area (TPSA) is 75.7 Å². The smallest absolute Gasteiger partial charge is 0.262 e. The number of Topliss-reactive ketones (excluding diaryl/α,β-unsaturated/α-hetero) is 2. The van der Waals surface area contributed by atoms with Crippen LogP contribution in [0.5, 0.6) is 5.75 Å². The van der Waals surface area contributed by atoms with Gasteiger partial charge in [0.1, 0.15) is 5.75 Å². The molecule has 0 fully saturated rings. The third kappa shape index (κ3) is 5.74. The second-order valence-corrected chi connectivity index (χ2v) is 13.4. The van der Waals surface area contributed by atoms with Crippen molar-refractivity contribution in [2.75, 3.05) is 18.5 Å². The summed E-state index contributed by atoms with van der Waals surface area (Å²) in [6.07, 6.45) is 3.34. The maximum absolute atomic E-state index is 14.0. The highest BCUT2D eigenvalue weighted by Gasteiger charge is 2.49. The van der Waals surface area contributed by atoms with Crippen LogP contribution >= 0.6 is 0 Å². The van der Waals surface area contributed by atoms with Crippen molar-refractivity contribution in [1.82, 2.24) is 4.90 Å². The summed E-state index contributed by atoms with van der Waals surface area (Å²) in [5, 5.41) is 2.92. The van der Waals surface area contributed by atoms with Crippen LogP contribution in [0.2, 0.25) is 0 Å². The highest BCUT2D eigenvalue weighted by Crippen LogP contribution is 2.55. The van der Waals surface area contributed by atoms with Crippen molar-refractivity contribution < 1.29 is 19.1 Å². The Labute approximate surface area is 243 Å². The van der Waals surface area contributed by atoms with Crippen LogP contribution in [0.15, 0.2) is 71.1 Å². The molecule has 2 aliphatic carbocycles. The molecule has 41 heavy (non-hydrogen) atoms. The normalized spacial score (nSPS) is 20.1. The van der Waals surface area contributed by atoms with Crippen molar-refractivity contribution in [3.05, 3.63) is 82.2 Å². The van der Waals surface area contributed by atoms with E-state index >= 15 is 0 Å². The van der Waals surface area contributed by atoms with Gasteiger partial charge in [0.15, 0.2) is 18.2 Å². The fraction of sp³-hybridized carbons (Fsp3) is 0.457. The maximum atomic E-state index is 14.0. The molecule has 0 bridgehead atoms. The number of benzene rings is 2. The molecule has 6 heteroatoms. The number of nitrogens with one attached hydrogen (secondary N) is 1. The lowest BCUT2D eigenvalue weighted by Gasteiger charge is -2.49. The summed E-state index contributed by atoms with van der Waals surface area (Å²) in [5.41, 5.74) is 5.71. The van der Waals surface area contributed by atoms with Gasteiger partial charge < -0.3 is 15.0 Å². The van der Waals surface area contributed by atoms with E-state index in [1.807, 2.05) is 55.5 Å². The lowest BCUT2D eigenvalue weighted by molar-refractivity contribution is -0.120. The molecular formula is C35H42N2O4. The summed E-state index contributed by atoms with van der Waals surface area (Å²) in [6, 6.07) is 15.2. The van der Waals surface area contributed by atoms with E-state index in [9.17, 15) is 14.4 Å². The molecule has 1 aliphatic heterocycles. The van der Waals surface area contributed by atoms with Gasteiger partial charge in [-0.1, -0.05) is 71.0 Å². The number of amides is 1. The summed E-state index contributed by atoms with van der Waals surface area (Å²) < 4.78 is 6.16. The number of hydrogen-bond donors (Lipinski definition) is 1. The number of allylic oxidation sites excluding steroid dienone is 4. The summed E-state index contributed by atoms with van der Waals surface area (Å²) in [4.78, 5) is 43.1. The monoisotopic (exact) mass is 554 g/mol. The highest BCUT2D eigenvalue weighted by molar-refractivity contribution is 6.07. The number of para-hydroxylation sites is 2. The Kier molecular flexibility index (Phi) is 7.71. The zero-order chi connectivity index (χ0) is 29.5. The van der Waals surface area contributed by atoms with Crippen molar-refractivity contribution in [2.45, 2.75) is 79.6 Å². The largest absolute Gasteiger partial charge is 0.483 e. The predicted molar refractivity (Wildman–Crippen MR) is 162 cm³/mol. The van der Waals surface area contributed by atoms with Crippen LogP contribution in [0, 0.1) is 17.8 Å². The minimum Gasteiger partial charge on any atom is -0.483 e. The number of anilines is 1. The van der Waals surface area contributed by atoms with Crippen LogP contribution in [-0.4, -0.2) is 35.5 Å². The molecule has 6 nitrogen and oxygen atoms in total. The molecule has 1 amide bonds. The minimum atomic E-state index is -0.504. The average molecular weight is 555 g/mol. The van der Waals surface area contributed by atoms with E-state index < -0.39 is 5.92 Å². The number of aryl methyl sites for hydroxylation is 1. The number of ether oxygens (including phenoxy) is 1. The Morgan fingerprint density at radius 1 is 0.878 bits per heavy atom. The van der Waals surface area contributed by atoms with Gasteiger partial charge in [-0.05, 0) is 54.7 Å². The van der Waals surface area contributed by atoms with Gasteiger partial charge >= 0.3 is 0 Å². The molecular weight excluding hydrogens is 512 g/mol. The lowest BCUT2D eigenvalue weighted by Crippen LogP contribution is -2.44. The van der Waals surface area contributed by atoms with Crippen molar-refractivity contribution in [1.29, 1.82) is 0 Å². The van der Waals surface area contributed by atoms with E-state index in [4.69, 9.17) is 4.74 Å². The Morgan fingerprint density at radius 3 is 2.02 bits per heavy atom. The molecule has 2 aromatic carbocycles. The minimum absolute atomic E-state index is 0.0960. The van der Waals surface area contributed by atoms with E-state index in [1.165, 1.54) is 0 Å². The SMILES string of the molecule is CCCN1C2=C(C(=O)CC(C)(C)C2)C(c2ccccc2OCC(=O)Nc2ccccc2C)C2=C1CC(C)(C)CC2=O. The second-order valence-electron chi connectivity index (χ2n) is 13.4. The molecule has 0 atom stereocenters. The fourth-order valence-corrected chi connectivity index (χ4v) is 6.75. The standard InChI is InChI=1S/C35H42N2O4/c1-7-16-37-25-17-34(3,4)19-27(38)32(25)31(33-26(37)18-35(5,6)20-28(33)39)23-13-9-11-15-29(23)41-21-30(40)36-24-14-10-8-12-22(24)2/h8-15,31H,7,16-21H2,1-6H3,(H,36,40). The van der Waals surface area contributed by atoms with E-state index in [0.717, 1.165) is 65.2 Å². The Balaban J connectivity index is 1.58. The van der Waals surface area contributed by atoms with E-state index in [-0.39, 0.29) is 34.9 Å². The van der Waals surface area contributed by atoms with Gasteiger partial charge in [0.05, 0.1) is 0 Å². The molecule has 0 saturated carbocycles. The third-order valence-corrected chi connectivity index (χ3v) is 8.48. The van der Waals surface area contributed by atoms with Crippen molar-refractivity contribution >= 4 is 23.2 Å². The van der Waals surface area contributed by atoms with E-state index in [1.54, 1.807) is 0 Å². The first-order valence-electron chi connectivity index (χ1n) is 14.8. The van der Waals surface area contributed by atoms with E-state index in [0.29, 0.717) is 18.6 Å². The number of carbonyl (C=O) groups excluding carboxylic acids is 3. The van der Waals surface area contributed by atoms with Gasteiger partial charge in [0.2, 0.25) is 0 Å². The summed E-state index contributed by atoms with van der Waals surface area (Å²) in [7, 11) is 0. The molecule has 0 radical (unpaired) electrons. The van der Waals surface area contributed by atoms with Crippen LogP contribution in [0.25, 0.3) is 0 Å². The summed E-state index contributed by atoms with van der Waals surface area (Å²) >= 11 is 0. The maximum Gasteiger partial charge on any atom is 0.262 e. The van der Waals surface area contributed by atoms with Crippen molar-refractivity contribution in [3.63, 3.8) is 0 Å². The van der Waals surface area contributed by atoms with Gasteiger partial charge in [-0.2, -0.15) is 0 Å². The van der Waals surface area contributed by atoms with Crippen LogP contribution in [0.1, 0.15) is 83.8 Å². The number of hydrogen-bond acceptors (Lipinski definition) is 5. The first-order chi connectivity index (χ1) is 19.4. The molecule has 216 valence electrons. The van der Waals surface area contributed by atoms with Crippen LogP contribution in [0.3, 0.4) is 0 Å². The molecule has 1 N–H and O–H groups in total. The zero-order valence-electron chi connectivity index (χ0n) is 25.2. The summed E-state index contributed by atoms with van der Waals surface area (Å²) in [5.74, 6) is -0.0544. The first kappa shape index (κ1) is 28.8. The fourth-order valence-electron chi connectivity index (χ4n) is 6.75. The average Bonchev–Trinajstić information content (AvgIpc) is 2.88. The number of carbonyl (C=O) groups is 3. The van der Waals surface area contributed by atoms with Gasteiger partial charge in [0, 0.05) is 59.1 Å². The van der Waals surface area contributed by atoms with Crippen molar-refractivity contribution in [3.8, 4) is 5.75 Å². The van der Waals surface area contributed by atoms with Gasteiger partial charge in [0.25, 0.3) is 5.91 Å². The number of nitrogens with zero attached hydrogens (tertiary/aromatic N) is 1. The van der Waals surface area contributed by atoms with Crippen LogP contribution < -0.4 is 10.1 Å². The van der Waals surface area contributed by atoms with Crippen LogP contribution in [0.4, 0.5) is 5.69 Å². The second kappa shape index (κ2) is 11.0. The molecule has 3 aliphatic rings. The molecule has 1 heterocycles. The molecule has 2 aromatic rings.